The predicted molar refractivity (Wildman–Crippen MR) is 124 cm³/mol. The van der Waals surface area contributed by atoms with Gasteiger partial charge >= 0.3 is 0 Å². The molecule has 0 bridgehead atoms. The largest absolute Gasteiger partial charge is 0.381 e. The zero-order chi connectivity index (χ0) is 18.8. The Hall–Kier alpha value is -0.280. The fraction of sp³-hybridized carbons (Fsp3) is 0.632. The molecule has 1 aliphatic heterocycles. The number of hydrogen-bond donors (Lipinski definition) is 2. The van der Waals surface area contributed by atoms with Crippen LogP contribution in [0.2, 0.25) is 10.0 Å². The van der Waals surface area contributed by atoms with Gasteiger partial charge in [-0.15, -0.1) is 24.0 Å². The van der Waals surface area contributed by atoms with Crippen molar-refractivity contribution in [1.82, 2.24) is 10.6 Å². The van der Waals surface area contributed by atoms with E-state index in [9.17, 15) is 0 Å². The van der Waals surface area contributed by atoms with Crippen LogP contribution in [0, 0.1) is 5.92 Å². The van der Waals surface area contributed by atoms with Gasteiger partial charge in [-0.3, -0.25) is 4.99 Å². The van der Waals surface area contributed by atoms with Gasteiger partial charge in [0.15, 0.2) is 5.96 Å². The molecule has 1 aliphatic rings. The first-order valence-electron chi connectivity index (χ1n) is 9.17. The third-order valence-electron chi connectivity index (χ3n) is 4.47. The highest BCUT2D eigenvalue weighted by Gasteiger charge is 2.13. The number of nitrogens with one attached hydrogen (secondary N) is 2. The Morgan fingerprint density at radius 1 is 1.30 bits per heavy atom. The lowest BCUT2D eigenvalue weighted by Gasteiger charge is -2.22. The average molecular weight is 530 g/mol. The molecule has 0 radical (unpaired) electrons. The molecular weight excluding hydrogens is 500 g/mol. The van der Waals surface area contributed by atoms with Crippen molar-refractivity contribution in [3.8, 4) is 0 Å². The fourth-order valence-electron chi connectivity index (χ4n) is 2.81. The molecule has 0 aliphatic carbocycles. The first-order valence-corrected chi connectivity index (χ1v) is 9.93. The van der Waals surface area contributed by atoms with Gasteiger partial charge in [0, 0.05) is 40.0 Å². The minimum Gasteiger partial charge on any atom is -0.381 e. The summed E-state index contributed by atoms with van der Waals surface area (Å²) >= 11 is 12.1. The topological polar surface area (TPSA) is 54.9 Å². The van der Waals surface area contributed by atoms with E-state index < -0.39 is 0 Å². The number of aliphatic imine (C=N–C) groups is 1. The van der Waals surface area contributed by atoms with Gasteiger partial charge in [0.1, 0.15) is 0 Å². The van der Waals surface area contributed by atoms with Crippen molar-refractivity contribution in [3.63, 3.8) is 0 Å². The summed E-state index contributed by atoms with van der Waals surface area (Å²) in [7, 11) is 1.76. The molecule has 5 nitrogen and oxygen atoms in total. The third-order valence-corrected chi connectivity index (χ3v) is 5.21. The van der Waals surface area contributed by atoms with Crippen LogP contribution in [0.5, 0.6) is 0 Å². The molecule has 0 spiro atoms. The van der Waals surface area contributed by atoms with E-state index in [1.807, 2.05) is 18.2 Å². The molecule has 1 heterocycles. The number of rotatable bonds is 8. The Balaban J connectivity index is 0.00000364. The monoisotopic (exact) mass is 529 g/mol. The molecule has 154 valence electrons. The number of guanidine groups is 1. The smallest absolute Gasteiger partial charge is 0.191 e. The van der Waals surface area contributed by atoms with Gasteiger partial charge in [-0.05, 0) is 49.8 Å². The number of halogens is 3. The molecule has 2 rings (SSSR count). The predicted octanol–water partition coefficient (Wildman–Crippen LogP) is 4.67. The first-order chi connectivity index (χ1) is 12.6. The van der Waals surface area contributed by atoms with Crippen molar-refractivity contribution in [2.75, 3.05) is 40.0 Å². The maximum absolute atomic E-state index is 6.09. The summed E-state index contributed by atoms with van der Waals surface area (Å²) < 4.78 is 11.1. The van der Waals surface area contributed by atoms with E-state index in [0.717, 1.165) is 63.8 Å². The highest BCUT2D eigenvalue weighted by molar-refractivity contribution is 14.0. The normalized spacial score (nSPS) is 16.5. The molecule has 2 N–H and O–H groups in total. The molecule has 1 fully saturated rings. The lowest BCUT2D eigenvalue weighted by atomic mass is 10.0. The van der Waals surface area contributed by atoms with Crippen molar-refractivity contribution in [2.45, 2.75) is 32.2 Å². The van der Waals surface area contributed by atoms with E-state index in [0.29, 0.717) is 16.0 Å². The van der Waals surface area contributed by atoms with Crippen LogP contribution in [0.3, 0.4) is 0 Å². The van der Waals surface area contributed by atoms with Crippen LogP contribution in [0.25, 0.3) is 0 Å². The molecule has 1 unspecified atom stereocenters. The van der Waals surface area contributed by atoms with Crippen LogP contribution in [0.15, 0.2) is 23.2 Å². The van der Waals surface area contributed by atoms with Gasteiger partial charge in [0.05, 0.1) is 16.1 Å². The van der Waals surface area contributed by atoms with Crippen molar-refractivity contribution >= 4 is 53.1 Å². The van der Waals surface area contributed by atoms with E-state index in [1.54, 1.807) is 7.05 Å². The van der Waals surface area contributed by atoms with E-state index >= 15 is 0 Å². The summed E-state index contributed by atoms with van der Waals surface area (Å²) in [6.45, 7) is 6.20. The average Bonchev–Trinajstić information content (AvgIpc) is 2.66. The number of nitrogens with zero attached hydrogens (tertiary/aromatic N) is 1. The van der Waals surface area contributed by atoms with E-state index in [1.165, 1.54) is 0 Å². The van der Waals surface area contributed by atoms with Crippen molar-refractivity contribution in [3.05, 3.63) is 33.8 Å². The fourth-order valence-corrected chi connectivity index (χ4v) is 3.12. The van der Waals surface area contributed by atoms with E-state index in [-0.39, 0.29) is 30.0 Å². The Labute approximate surface area is 189 Å². The van der Waals surface area contributed by atoms with E-state index in [2.05, 4.69) is 22.5 Å². The van der Waals surface area contributed by atoms with Gasteiger partial charge in [0.25, 0.3) is 0 Å². The zero-order valence-corrected chi connectivity index (χ0v) is 19.8. The van der Waals surface area contributed by atoms with Crippen LogP contribution in [0.1, 0.15) is 37.8 Å². The quantitative estimate of drug-likeness (QED) is 0.222. The maximum Gasteiger partial charge on any atom is 0.191 e. The van der Waals surface area contributed by atoms with Gasteiger partial charge in [-0.1, -0.05) is 29.3 Å². The number of hydrogen-bond acceptors (Lipinski definition) is 3. The number of ether oxygens (including phenoxy) is 2. The van der Waals surface area contributed by atoms with E-state index in [4.69, 9.17) is 32.7 Å². The van der Waals surface area contributed by atoms with Gasteiger partial charge in [-0.2, -0.15) is 0 Å². The van der Waals surface area contributed by atoms with Crippen molar-refractivity contribution in [2.24, 2.45) is 10.9 Å². The molecule has 0 amide bonds. The summed E-state index contributed by atoms with van der Waals surface area (Å²) in [6.07, 6.45) is 3.16. The van der Waals surface area contributed by atoms with Crippen molar-refractivity contribution in [1.29, 1.82) is 0 Å². The summed E-state index contributed by atoms with van der Waals surface area (Å²) in [5, 5.41) is 7.79. The first kappa shape index (κ1) is 24.8. The molecule has 0 aromatic heterocycles. The summed E-state index contributed by atoms with van der Waals surface area (Å²) in [4.78, 5) is 4.27. The van der Waals surface area contributed by atoms with Gasteiger partial charge in [-0.25, -0.2) is 0 Å². The van der Waals surface area contributed by atoms with Crippen molar-refractivity contribution < 1.29 is 9.47 Å². The molecular formula is C19H30Cl2IN3O2. The summed E-state index contributed by atoms with van der Waals surface area (Å²) in [5.74, 6) is 1.41. The number of benzene rings is 1. The Morgan fingerprint density at radius 2 is 2.04 bits per heavy atom. The van der Waals surface area contributed by atoms with Gasteiger partial charge < -0.3 is 20.1 Å². The summed E-state index contributed by atoms with van der Waals surface area (Å²) in [5.41, 5.74) is 1.06. The molecule has 1 saturated heterocycles. The second kappa shape index (κ2) is 13.8. The van der Waals surface area contributed by atoms with Crippen LogP contribution in [0.4, 0.5) is 0 Å². The van der Waals surface area contributed by atoms with Crippen LogP contribution in [-0.2, 0) is 9.47 Å². The Bertz CT molecular complexity index is 584. The minimum absolute atomic E-state index is 0. The lowest BCUT2D eigenvalue weighted by Crippen LogP contribution is -2.39. The lowest BCUT2D eigenvalue weighted by molar-refractivity contribution is 0.0203. The second-order valence-corrected chi connectivity index (χ2v) is 7.34. The zero-order valence-electron chi connectivity index (χ0n) is 16.0. The Morgan fingerprint density at radius 3 is 2.70 bits per heavy atom. The molecule has 0 saturated carbocycles. The molecule has 8 heteroatoms. The minimum atomic E-state index is 0. The summed E-state index contributed by atoms with van der Waals surface area (Å²) in [6, 6.07) is 5.71. The SMILES string of the molecule is CN=C(NCCCOCC1CCOCC1)NC(C)c1ccc(Cl)c(Cl)c1.I. The van der Waals surface area contributed by atoms with Crippen LogP contribution >= 0.6 is 47.2 Å². The molecule has 1 aromatic carbocycles. The highest BCUT2D eigenvalue weighted by atomic mass is 127. The van der Waals surface area contributed by atoms with Gasteiger partial charge in [0.2, 0.25) is 0 Å². The standard InChI is InChI=1S/C19H29Cl2N3O2.HI/c1-14(16-4-5-17(20)18(21)12-16)24-19(22-2)23-8-3-9-26-13-15-6-10-25-11-7-15;/h4-5,12,14-15H,3,6-11,13H2,1-2H3,(H2,22,23,24);1H. The second-order valence-electron chi connectivity index (χ2n) is 6.52. The highest BCUT2D eigenvalue weighted by Crippen LogP contribution is 2.25. The molecule has 1 aromatic rings. The third kappa shape index (κ3) is 9.17. The Kier molecular flexibility index (Phi) is 12.7. The molecule has 27 heavy (non-hydrogen) atoms. The molecule has 1 atom stereocenters. The van der Waals surface area contributed by atoms with Crippen LogP contribution in [-0.4, -0.2) is 46.0 Å². The maximum atomic E-state index is 6.09. The van der Waals surface area contributed by atoms with Crippen LogP contribution < -0.4 is 10.6 Å².